The van der Waals surface area contributed by atoms with E-state index in [9.17, 15) is 9.59 Å². The smallest absolute Gasteiger partial charge is 0.316 e. The van der Waals surface area contributed by atoms with Crippen LogP contribution in [-0.2, 0) is 18.4 Å². The number of nitrogens with zero attached hydrogens (tertiary/aromatic N) is 3. The van der Waals surface area contributed by atoms with Crippen LogP contribution in [0, 0.1) is 12.8 Å². The lowest BCUT2D eigenvalue weighted by atomic mass is 9.86. The Morgan fingerprint density at radius 3 is 2.44 bits per heavy atom. The van der Waals surface area contributed by atoms with Crippen molar-refractivity contribution in [1.82, 2.24) is 14.7 Å². The van der Waals surface area contributed by atoms with Gasteiger partial charge in [0.05, 0.1) is 18.0 Å². The molecule has 1 aliphatic rings. The molecule has 4 aromatic rings. The fourth-order valence-electron chi connectivity index (χ4n) is 5.44. The first-order valence-corrected chi connectivity index (χ1v) is 14.8. The largest absolute Gasteiger partial charge is 0.491 e. The van der Waals surface area contributed by atoms with Crippen molar-refractivity contribution in [3.05, 3.63) is 94.7 Å². The van der Waals surface area contributed by atoms with Gasteiger partial charge in [0.1, 0.15) is 11.4 Å². The molecule has 0 aliphatic carbocycles. The van der Waals surface area contributed by atoms with Crippen molar-refractivity contribution in [2.75, 3.05) is 18.5 Å². The van der Waals surface area contributed by atoms with E-state index in [1.807, 2.05) is 64.2 Å². The molecule has 1 aromatic heterocycles. The number of anilines is 1. The number of ether oxygens (including phenoxy) is 1. The van der Waals surface area contributed by atoms with E-state index >= 15 is 0 Å². The van der Waals surface area contributed by atoms with Crippen LogP contribution in [-0.4, -0.2) is 39.8 Å². The Hall–Kier alpha value is -4.59. The van der Waals surface area contributed by atoms with Crippen LogP contribution in [0.1, 0.15) is 67.4 Å². The number of aryl methyl sites for hydroxylation is 1. The van der Waals surface area contributed by atoms with Crippen molar-refractivity contribution < 1.29 is 14.3 Å². The predicted molar refractivity (Wildman–Crippen MR) is 171 cm³/mol. The molecule has 5 rings (SSSR count). The Morgan fingerprint density at radius 1 is 1.05 bits per heavy atom. The van der Waals surface area contributed by atoms with Gasteiger partial charge in [0.15, 0.2) is 0 Å². The maximum atomic E-state index is 13.8. The molecule has 0 atom stereocenters. The number of amides is 3. The quantitative estimate of drug-likeness (QED) is 0.249. The van der Waals surface area contributed by atoms with Crippen molar-refractivity contribution in [3.63, 3.8) is 0 Å². The second-order valence-electron chi connectivity index (χ2n) is 12.7. The van der Waals surface area contributed by atoms with Gasteiger partial charge in [-0.3, -0.25) is 4.79 Å². The summed E-state index contributed by atoms with van der Waals surface area (Å²) in [5.74, 6) is 1.13. The number of primary amides is 1. The number of fused-ring (bicyclic) bond motifs is 1. The molecule has 0 saturated heterocycles. The third kappa shape index (κ3) is 6.43. The highest BCUT2D eigenvalue weighted by atomic mass is 16.5. The van der Waals surface area contributed by atoms with E-state index in [2.05, 4.69) is 59.0 Å². The molecule has 0 saturated carbocycles. The van der Waals surface area contributed by atoms with Gasteiger partial charge in [-0.05, 0) is 59.7 Å². The zero-order chi connectivity index (χ0) is 30.9. The highest BCUT2D eigenvalue weighted by Crippen LogP contribution is 2.37. The number of carbonyl (C=O) groups is 2. The molecule has 0 spiro atoms. The molecule has 1 aliphatic heterocycles. The van der Waals surface area contributed by atoms with Crippen molar-refractivity contribution in [2.24, 2.45) is 11.7 Å². The zero-order valence-electron chi connectivity index (χ0n) is 25.9. The van der Waals surface area contributed by atoms with E-state index in [-0.39, 0.29) is 11.3 Å². The average Bonchev–Trinajstić information content (AvgIpc) is 3.33. The molecule has 3 N–H and O–H groups in total. The standard InChI is InChI=1S/C35H41N5O3/c1-22(2)21-43-30-12-7-9-23(3)31(30)40-32(24-13-15-27(16-14-24)37-34(36)42)28-20-39(18-17-29(28)38-40)33(41)25-10-8-11-26(19-25)35(4,5)6/h7-16,19,22H,17-18,20-21H2,1-6H3,(H3,36,37,42). The predicted octanol–water partition coefficient (Wildman–Crippen LogP) is 6.87. The van der Waals surface area contributed by atoms with E-state index < -0.39 is 6.03 Å². The molecule has 224 valence electrons. The van der Waals surface area contributed by atoms with Gasteiger partial charge in [-0.15, -0.1) is 0 Å². The first kappa shape index (κ1) is 29.9. The van der Waals surface area contributed by atoms with Crippen LogP contribution < -0.4 is 15.8 Å². The molecule has 43 heavy (non-hydrogen) atoms. The molecular formula is C35H41N5O3. The molecule has 0 bridgehead atoms. The number of rotatable bonds is 7. The van der Waals surface area contributed by atoms with Crippen LogP contribution >= 0.6 is 0 Å². The van der Waals surface area contributed by atoms with Crippen LogP contribution in [0.25, 0.3) is 16.9 Å². The molecule has 2 heterocycles. The second-order valence-corrected chi connectivity index (χ2v) is 12.7. The Balaban J connectivity index is 1.60. The highest BCUT2D eigenvalue weighted by Gasteiger charge is 2.30. The number of benzene rings is 3. The Morgan fingerprint density at radius 2 is 1.77 bits per heavy atom. The lowest BCUT2D eigenvalue weighted by Gasteiger charge is -2.28. The summed E-state index contributed by atoms with van der Waals surface area (Å²) in [6.45, 7) is 14.3. The van der Waals surface area contributed by atoms with Gasteiger partial charge in [-0.25, -0.2) is 9.48 Å². The van der Waals surface area contributed by atoms with E-state index in [4.69, 9.17) is 15.6 Å². The molecule has 8 nitrogen and oxygen atoms in total. The molecule has 3 amide bonds. The maximum Gasteiger partial charge on any atom is 0.316 e. The van der Waals surface area contributed by atoms with Crippen molar-refractivity contribution in [3.8, 4) is 22.7 Å². The Bertz CT molecular complexity index is 1650. The van der Waals surface area contributed by atoms with Crippen molar-refractivity contribution in [1.29, 1.82) is 0 Å². The van der Waals surface area contributed by atoms with Crippen LogP contribution in [0.15, 0.2) is 66.7 Å². The van der Waals surface area contributed by atoms with Gasteiger partial charge < -0.3 is 20.7 Å². The summed E-state index contributed by atoms with van der Waals surface area (Å²) in [7, 11) is 0. The highest BCUT2D eigenvalue weighted by molar-refractivity contribution is 5.95. The van der Waals surface area contributed by atoms with Gasteiger partial charge >= 0.3 is 6.03 Å². The molecule has 0 radical (unpaired) electrons. The number of nitrogens with two attached hydrogens (primary N) is 1. The first-order valence-electron chi connectivity index (χ1n) is 14.8. The van der Waals surface area contributed by atoms with Gasteiger partial charge in [0, 0.05) is 41.9 Å². The summed E-state index contributed by atoms with van der Waals surface area (Å²) in [6.07, 6.45) is 0.634. The molecule has 0 unspecified atom stereocenters. The van der Waals surface area contributed by atoms with E-state index in [1.54, 1.807) is 0 Å². The van der Waals surface area contributed by atoms with Gasteiger partial charge in [-0.2, -0.15) is 5.10 Å². The van der Waals surface area contributed by atoms with Gasteiger partial charge in [-0.1, -0.05) is 71.0 Å². The summed E-state index contributed by atoms with van der Waals surface area (Å²) < 4.78 is 8.26. The third-order valence-electron chi connectivity index (χ3n) is 7.71. The summed E-state index contributed by atoms with van der Waals surface area (Å²) in [5.41, 5.74) is 13.4. The lowest BCUT2D eigenvalue weighted by molar-refractivity contribution is 0.0734. The zero-order valence-corrected chi connectivity index (χ0v) is 25.9. The summed E-state index contributed by atoms with van der Waals surface area (Å²) in [6, 6.07) is 20.9. The summed E-state index contributed by atoms with van der Waals surface area (Å²) >= 11 is 0. The van der Waals surface area contributed by atoms with Crippen molar-refractivity contribution in [2.45, 2.75) is 59.9 Å². The minimum absolute atomic E-state index is 0.00769. The minimum Gasteiger partial charge on any atom is -0.491 e. The molecular weight excluding hydrogens is 538 g/mol. The average molecular weight is 580 g/mol. The summed E-state index contributed by atoms with van der Waals surface area (Å²) in [5, 5.41) is 7.77. The molecule has 3 aromatic carbocycles. The van der Waals surface area contributed by atoms with Gasteiger partial charge in [0.2, 0.25) is 0 Å². The van der Waals surface area contributed by atoms with Crippen LogP contribution in [0.5, 0.6) is 5.75 Å². The normalized spacial score (nSPS) is 13.1. The monoisotopic (exact) mass is 579 g/mol. The third-order valence-corrected chi connectivity index (χ3v) is 7.71. The lowest BCUT2D eigenvalue weighted by Crippen LogP contribution is -2.36. The van der Waals surface area contributed by atoms with E-state index in [1.165, 1.54) is 0 Å². The number of para-hydroxylation sites is 1. The Labute approximate surface area is 253 Å². The van der Waals surface area contributed by atoms with E-state index in [0.717, 1.165) is 45.1 Å². The van der Waals surface area contributed by atoms with Crippen molar-refractivity contribution >= 4 is 17.6 Å². The fraction of sp³-hybridized carbons (Fsp3) is 0.343. The topological polar surface area (TPSA) is 102 Å². The number of nitrogens with one attached hydrogen (secondary N) is 1. The first-order chi connectivity index (χ1) is 20.4. The van der Waals surface area contributed by atoms with Gasteiger partial charge in [0.25, 0.3) is 5.91 Å². The maximum absolute atomic E-state index is 13.8. The van der Waals surface area contributed by atoms with Crippen LogP contribution in [0.2, 0.25) is 0 Å². The fourth-order valence-corrected chi connectivity index (χ4v) is 5.44. The number of carbonyl (C=O) groups excluding carboxylic acids is 2. The Kier molecular flexibility index (Phi) is 8.31. The van der Waals surface area contributed by atoms with Crippen LogP contribution in [0.4, 0.5) is 10.5 Å². The number of hydrogen-bond donors (Lipinski definition) is 2. The van der Waals surface area contributed by atoms with Crippen LogP contribution in [0.3, 0.4) is 0 Å². The second kappa shape index (κ2) is 12.0. The number of urea groups is 1. The van der Waals surface area contributed by atoms with E-state index in [0.29, 0.717) is 43.3 Å². The minimum atomic E-state index is -0.619. The SMILES string of the molecule is Cc1cccc(OCC(C)C)c1-n1nc2c(c1-c1ccc(NC(N)=O)cc1)CN(C(=O)c1cccc(C(C)(C)C)c1)CC2. The number of hydrogen-bond acceptors (Lipinski definition) is 4. The molecule has 0 fully saturated rings. The number of aromatic nitrogens is 2. The summed E-state index contributed by atoms with van der Waals surface area (Å²) in [4.78, 5) is 27.2. The molecule has 8 heteroatoms.